The number of nitrogens with zero attached hydrogens (tertiary/aromatic N) is 3. The molecule has 7 heteroatoms. The number of nitrogens with one attached hydrogen (secondary N) is 1. The van der Waals surface area contributed by atoms with E-state index in [4.69, 9.17) is 4.74 Å². The van der Waals surface area contributed by atoms with Crippen molar-refractivity contribution in [2.75, 3.05) is 32.8 Å². The molecule has 1 amide bonds. The normalized spacial score (nSPS) is 19.4. The first-order valence-electron chi connectivity index (χ1n) is 11.6. The van der Waals surface area contributed by atoms with Gasteiger partial charge in [-0.05, 0) is 37.8 Å². The number of hydrogen-bond acceptors (Lipinski definition) is 5. The summed E-state index contributed by atoms with van der Waals surface area (Å²) in [5, 5.41) is 3.84. The number of para-hydroxylation sites is 1. The third kappa shape index (κ3) is 4.99. The maximum atomic E-state index is 12.7. The van der Waals surface area contributed by atoms with E-state index in [0.717, 1.165) is 50.2 Å². The van der Waals surface area contributed by atoms with Gasteiger partial charge in [0.2, 0.25) is 5.91 Å². The summed E-state index contributed by atoms with van der Waals surface area (Å²) in [6.45, 7) is 6.63. The average Bonchev–Trinajstić information content (AvgIpc) is 2.81. The summed E-state index contributed by atoms with van der Waals surface area (Å²) in [6.07, 6.45) is 8.66. The molecule has 1 aromatic heterocycles. The molecule has 2 aliphatic rings. The van der Waals surface area contributed by atoms with Gasteiger partial charge in [0.05, 0.1) is 30.4 Å². The number of carbonyl (C=O) groups is 1. The number of rotatable bonds is 7. The number of fused-ring (bicyclic) bond motifs is 1. The molecule has 0 unspecified atom stereocenters. The van der Waals surface area contributed by atoms with Crippen LogP contribution in [-0.2, 0) is 16.1 Å². The smallest absolute Gasteiger partial charge is 0.261 e. The molecule has 31 heavy (non-hydrogen) atoms. The molecule has 7 nitrogen and oxygen atoms in total. The summed E-state index contributed by atoms with van der Waals surface area (Å²) in [5.41, 5.74) is 1.79. The Labute approximate surface area is 183 Å². The molecule has 168 valence electrons. The van der Waals surface area contributed by atoms with Gasteiger partial charge in [0.1, 0.15) is 0 Å². The van der Waals surface area contributed by atoms with Gasteiger partial charge in [0.25, 0.3) is 5.56 Å². The number of hydrogen-bond donors (Lipinski definition) is 1. The van der Waals surface area contributed by atoms with Crippen molar-refractivity contribution in [1.82, 2.24) is 19.8 Å². The van der Waals surface area contributed by atoms with Crippen LogP contribution in [0.5, 0.6) is 0 Å². The van der Waals surface area contributed by atoms with Gasteiger partial charge < -0.3 is 10.1 Å². The first-order chi connectivity index (χ1) is 15.1. The molecule has 1 aliphatic carbocycles. The highest BCUT2D eigenvalue weighted by Gasteiger charge is 2.38. The van der Waals surface area contributed by atoms with Crippen molar-refractivity contribution in [1.29, 1.82) is 0 Å². The highest BCUT2D eigenvalue weighted by molar-refractivity contribution is 5.80. The van der Waals surface area contributed by atoms with E-state index >= 15 is 0 Å². The van der Waals surface area contributed by atoms with Crippen LogP contribution in [0, 0.1) is 6.92 Å². The van der Waals surface area contributed by atoms with E-state index in [1.54, 1.807) is 10.9 Å². The monoisotopic (exact) mass is 426 g/mol. The molecule has 1 saturated carbocycles. The molecular formula is C24H34N4O3. The Morgan fingerprint density at radius 3 is 2.74 bits per heavy atom. The minimum atomic E-state index is -0.0393. The number of ether oxygens (including phenoxy) is 1. The Morgan fingerprint density at radius 1 is 1.19 bits per heavy atom. The summed E-state index contributed by atoms with van der Waals surface area (Å²) in [6, 6.07) is 5.66. The molecule has 1 N–H and O–H groups in total. The summed E-state index contributed by atoms with van der Waals surface area (Å²) in [7, 11) is 0. The zero-order valence-corrected chi connectivity index (χ0v) is 18.6. The number of carbonyl (C=O) groups excluding carboxylic acids is 1. The lowest BCUT2D eigenvalue weighted by atomic mass is 9.79. The van der Waals surface area contributed by atoms with Gasteiger partial charge >= 0.3 is 0 Å². The van der Waals surface area contributed by atoms with Crippen LogP contribution >= 0.6 is 0 Å². The van der Waals surface area contributed by atoms with Crippen LogP contribution in [0.15, 0.2) is 29.3 Å². The lowest BCUT2D eigenvalue weighted by molar-refractivity contribution is -0.122. The van der Waals surface area contributed by atoms with Gasteiger partial charge in [-0.15, -0.1) is 0 Å². The van der Waals surface area contributed by atoms with Gasteiger partial charge in [-0.2, -0.15) is 0 Å². The number of morpholine rings is 1. The second-order valence-corrected chi connectivity index (χ2v) is 8.98. The van der Waals surface area contributed by atoms with E-state index in [2.05, 4.69) is 15.2 Å². The SMILES string of the molecule is Cc1cccc2c(=O)n(CCCC(=O)NCC3(N4CCOCC4)CCCCC3)cnc12. The number of aromatic nitrogens is 2. The molecular weight excluding hydrogens is 392 g/mol. The van der Waals surface area contributed by atoms with Crippen LogP contribution in [0.2, 0.25) is 0 Å². The van der Waals surface area contributed by atoms with E-state index < -0.39 is 0 Å². The van der Waals surface area contributed by atoms with E-state index in [-0.39, 0.29) is 17.0 Å². The first-order valence-corrected chi connectivity index (χ1v) is 11.6. The minimum absolute atomic E-state index is 0.0393. The van der Waals surface area contributed by atoms with Crippen molar-refractivity contribution >= 4 is 16.8 Å². The molecule has 0 atom stereocenters. The van der Waals surface area contributed by atoms with Crippen molar-refractivity contribution in [3.63, 3.8) is 0 Å². The maximum Gasteiger partial charge on any atom is 0.261 e. The lowest BCUT2D eigenvalue weighted by Gasteiger charge is -2.48. The van der Waals surface area contributed by atoms with Crippen molar-refractivity contribution in [3.8, 4) is 0 Å². The molecule has 0 bridgehead atoms. The lowest BCUT2D eigenvalue weighted by Crippen LogP contribution is -2.59. The van der Waals surface area contributed by atoms with Crippen LogP contribution in [0.3, 0.4) is 0 Å². The third-order valence-electron chi connectivity index (χ3n) is 6.94. The van der Waals surface area contributed by atoms with Crippen LogP contribution in [-0.4, -0.2) is 58.7 Å². The van der Waals surface area contributed by atoms with E-state index in [1.807, 2.05) is 25.1 Å². The van der Waals surface area contributed by atoms with Gasteiger partial charge in [-0.1, -0.05) is 31.4 Å². The van der Waals surface area contributed by atoms with Crippen LogP contribution in [0.1, 0.15) is 50.5 Å². The fraction of sp³-hybridized carbons (Fsp3) is 0.625. The van der Waals surface area contributed by atoms with Crippen LogP contribution in [0.25, 0.3) is 10.9 Å². The molecule has 0 spiro atoms. The molecule has 2 fully saturated rings. The quantitative estimate of drug-likeness (QED) is 0.737. The zero-order valence-electron chi connectivity index (χ0n) is 18.6. The van der Waals surface area contributed by atoms with E-state index in [9.17, 15) is 9.59 Å². The topological polar surface area (TPSA) is 76.5 Å². The van der Waals surface area contributed by atoms with Crippen molar-refractivity contribution in [3.05, 3.63) is 40.4 Å². The largest absolute Gasteiger partial charge is 0.379 e. The predicted octanol–water partition coefficient (Wildman–Crippen LogP) is 2.64. The minimum Gasteiger partial charge on any atom is -0.379 e. The van der Waals surface area contributed by atoms with Gasteiger partial charge in [-0.25, -0.2) is 4.98 Å². The van der Waals surface area contributed by atoms with E-state index in [0.29, 0.717) is 31.3 Å². The first kappa shape index (κ1) is 22.0. The van der Waals surface area contributed by atoms with Gasteiger partial charge in [-0.3, -0.25) is 19.1 Å². The van der Waals surface area contributed by atoms with Gasteiger partial charge in [0, 0.05) is 38.1 Å². The van der Waals surface area contributed by atoms with Crippen molar-refractivity contribution in [2.45, 2.75) is 64.0 Å². The summed E-state index contributed by atoms with van der Waals surface area (Å²) in [4.78, 5) is 32.3. The van der Waals surface area contributed by atoms with Gasteiger partial charge in [0.15, 0.2) is 0 Å². The molecule has 2 aromatic rings. The standard InChI is InChI=1S/C24H34N4O3/c1-19-7-5-8-20-22(19)26-18-27(23(20)30)12-6-9-21(29)25-17-24(10-3-2-4-11-24)28-13-15-31-16-14-28/h5,7-8,18H,2-4,6,9-17H2,1H3,(H,25,29). The molecule has 1 aromatic carbocycles. The Balaban J connectivity index is 1.31. The molecule has 2 heterocycles. The molecule has 0 radical (unpaired) electrons. The second-order valence-electron chi connectivity index (χ2n) is 8.98. The predicted molar refractivity (Wildman–Crippen MR) is 121 cm³/mol. The fourth-order valence-corrected chi connectivity index (χ4v) is 5.11. The summed E-state index contributed by atoms with van der Waals surface area (Å²) < 4.78 is 7.15. The molecule has 1 aliphatic heterocycles. The van der Waals surface area contributed by atoms with E-state index in [1.165, 1.54) is 19.3 Å². The fourth-order valence-electron chi connectivity index (χ4n) is 5.11. The van der Waals surface area contributed by atoms with Crippen molar-refractivity contribution < 1.29 is 9.53 Å². The molecule has 1 saturated heterocycles. The summed E-state index contributed by atoms with van der Waals surface area (Å²) >= 11 is 0. The number of aryl methyl sites for hydroxylation is 2. The van der Waals surface area contributed by atoms with Crippen molar-refractivity contribution in [2.24, 2.45) is 0 Å². The maximum absolute atomic E-state index is 12.7. The Morgan fingerprint density at radius 2 is 1.97 bits per heavy atom. The number of benzene rings is 1. The zero-order chi connectivity index (χ0) is 21.7. The molecule has 4 rings (SSSR count). The highest BCUT2D eigenvalue weighted by Crippen LogP contribution is 2.33. The second kappa shape index (κ2) is 9.92. The third-order valence-corrected chi connectivity index (χ3v) is 6.94. The Hall–Kier alpha value is -2.25. The van der Waals surface area contributed by atoms with Crippen LogP contribution < -0.4 is 10.9 Å². The Bertz CT molecular complexity index is 959. The number of amides is 1. The van der Waals surface area contributed by atoms with Crippen LogP contribution in [0.4, 0.5) is 0 Å². The Kier molecular flexibility index (Phi) is 7.02. The highest BCUT2D eigenvalue weighted by atomic mass is 16.5. The summed E-state index contributed by atoms with van der Waals surface area (Å²) in [5.74, 6) is 0.0656. The average molecular weight is 427 g/mol.